The van der Waals surface area contributed by atoms with Crippen LogP contribution in [0, 0.1) is 3.57 Å². The van der Waals surface area contributed by atoms with E-state index >= 15 is 0 Å². The fraction of sp³-hybridized carbons (Fsp3) is 0.0769. The number of benzene rings is 2. The highest BCUT2D eigenvalue weighted by atomic mass is 127. The van der Waals surface area contributed by atoms with E-state index in [2.05, 4.69) is 38.5 Å². The van der Waals surface area contributed by atoms with Gasteiger partial charge in [0.25, 0.3) is 0 Å². The average molecular weight is 404 g/mol. The number of nitrogens with two attached hydrogens (primary N) is 1. The molecule has 0 unspecified atom stereocenters. The van der Waals surface area contributed by atoms with E-state index in [0.717, 1.165) is 21.5 Å². The van der Waals surface area contributed by atoms with Crippen molar-refractivity contribution in [3.63, 3.8) is 0 Å². The van der Waals surface area contributed by atoms with Gasteiger partial charge in [-0.05, 0) is 65.1 Å². The zero-order valence-electron chi connectivity index (χ0n) is 8.99. The van der Waals surface area contributed by atoms with Crippen LogP contribution in [0.5, 0.6) is 11.5 Å². The molecule has 88 valence electrons. The molecule has 0 atom stereocenters. The lowest BCUT2D eigenvalue weighted by atomic mass is 10.2. The van der Waals surface area contributed by atoms with E-state index in [-0.39, 0.29) is 0 Å². The zero-order chi connectivity index (χ0) is 12.3. The summed E-state index contributed by atoms with van der Waals surface area (Å²) in [7, 11) is 0. The molecular formula is C13H11BrINO. The molecule has 4 heteroatoms. The van der Waals surface area contributed by atoms with Crippen molar-refractivity contribution < 1.29 is 4.74 Å². The van der Waals surface area contributed by atoms with Crippen LogP contribution in [0.25, 0.3) is 0 Å². The Morgan fingerprint density at radius 1 is 1.12 bits per heavy atom. The largest absolute Gasteiger partial charge is 0.457 e. The van der Waals surface area contributed by atoms with Crippen molar-refractivity contribution in [2.45, 2.75) is 6.54 Å². The molecule has 0 amide bonds. The van der Waals surface area contributed by atoms with Crippen LogP contribution in [0.15, 0.2) is 46.9 Å². The average Bonchev–Trinajstić information content (AvgIpc) is 2.34. The lowest BCUT2D eigenvalue weighted by molar-refractivity contribution is 0.476. The summed E-state index contributed by atoms with van der Waals surface area (Å²) in [5, 5.41) is 0. The smallest absolute Gasteiger partial charge is 0.131 e. The van der Waals surface area contributed by atoms with Crippen LogP contribution in [-0.2, 0) is 6.54 Å². The van der Waals surface area contributed by atoms with Crippen molar-refractivity contribution in [3.05, 3.63) is 56.1 Å². The predicted octanol–water partition coefficient (Wildman–Crippen LogP) is 4.30. The summed E-state index contributed by atoms with van der Waals surface area (Å²) in [5.74, 6) is 1.62. The first-order valence-corrected chi connectivity index (χ1v) is 6.98. The Balaban J connectivity index is 2.26. The molecule has 2 rings (SSSR count). The lowest BCUT2D eigenvalue weighted by Gasteiger charge is -2.10. The molecule has 0 saturated carbocycles. The van der Waals surface area contributed by atoms with E-state index in [4.69, 9.17) is 10.5 Å². The molecule has 0 spiro atoms. The fourth-order valence-corrected chi connectivity index (χ4v) is 2.20. The van der Waals surface area contributed by atoms with Gasteiger partial charge < -0.3 is 10.5 Å². The first-order chi connectivity index (χ1) is 8.19. The third kappa shape index (κ3) is 3.43. The number of hydrogen-bond donors (Lipinski definition) is 1. The van der Waals surface area contributed by atoms with Crippen molar-refractivity contribution in [3.8, 4) is 11.5 Å². The van der Waals surface area contributed by atoms with Crippen LogP contribution in [-0.4, -0.2) is 0 Å². The van der Waals surface area contributed by atoms with Crippen molar-refractivity contribution >= 4 is 38.5 Å². The zero-order valence-corrected chi connectivity index (χ0v) is 12.7. The normalized spacial score (nSPS) is 10.3. The van der Waals surface area contributed by atoms with Gasteiger partial charge in [0.15, 0.2) is 0 Å². The second-order valence-electron chi connectivity index (χ2n) is 3.51. The van der Waals surface area contributed by atoms with Crippen LogP contribution < -0.4 is 10.5 Å². The minimum Gasteiger partial charge on any atom is -0.457 e. The monoisotopic (exact) mass is 403 g/mol. The van der Waals surface area contributed by atoms with E-state index in [9.17, 15) is 0 Å². The van der Waals surface area contributed by atoms with Gasteiger partial charge in [-0.2, -0.15) is 0 Å². The highest BCUT2D eigenvalue weighted by Crippen LogP contribution is 2.28. The third-order valence-electron chi connectivity index (χ3n) is 2.28. The Bertz CT molecular complexity index is 513. The fourth-order valence-electron chi connectivity index (χ4n) is 1.44. The maximum atomic E-state index is 5.81. The summed E-state index contributed by atoms with van der Waals surface area (Å²) in [5.41, 5.74) is 6.68. The molecule has 0 radical (unpaired) electrons. The van der Waals surface area contributed by atoms with Crippen molar-refractivity contribution in [2.24, 2.45) is 5.73 Å². The van der Waals surface area contributed by atoms with E-state index in [1.54, 1.807) is 0 Å². The Kier molecular flexibility index (Phi) is 4.42. The summed E-state index contributed by atoms with van der Waals surface area (Å²) in [6, 6.07) is 13.8. The van der Waals surface area contributed by atoms with Crippen LogP contribution in [0.1, 0.15) is 5.56 Å². The van der Waals surface area contributed by atoms with Gasteiger partial charge in [0.1, 0.15) is 11.5 Å². The molecule has 0 fully saturated rings. The van der Waals surface area contributed by atoms with Gasteiger partial charge in [0.2, 0.25) is 0 Å². The topological polar surface area (TPSA) is 35.2 Å². The minimum atomic E-state index is 0.457. The number of hydrogen-bond acceptors (Lipinski definition) is 2. The van der Waals surface area contributed by atoms with Crippen molar-refractivity contribution in [1.82, 2.24) is 0 Å². The predicted molar refractivity (Wildman–Crippen MR) is 81.3 cm³/mol. The molecule has 2 nitrogen and oxygen atoms in total. The SMILES string of the molecule is NCc1cc(Br)ccc1Oc1ccc(I)cc1. The second kappa shape index (κ2) is 5.84. The molecule has 2 N–H and O–H groups in total. The third-order valence-corrected chi connectivity index (χ3v) is 3.50. The molecule has 0 aromatic heterocycles. The highest BCUT2D eigenvalue weighted by Gasteiger charge is 2.04. The van der Waals surface area contributed by atoms with E-state index in [1.165, 1.54) is 3.57 Å². The first-order valence-electron chi connectivity index (χ1n) is 5.11. The molecule has 17 heavy (non-hydrogen) atoms. The highest BCUT2D eigenvalue weighted by molar-refractivity contribution is 14.1. The molecule has 2 aromatic rings. The molecule has 0 aliphatic carbocycles. The molecule has 2 aromatic carbocycles. The number of ether oxygens (including phenoxy) is 1. The van der Waals surface area contributed by atoms with E-state index in [0.29, 0.717) is 6.54 Å². The van der Waals surface area contributed by atoms with Gasteiger partial charge in [0, 0.05) is 20.2 Å². The maximum absolute atomic E-state index is 5.81. The van der Waals surface area contributed by atoms with Gasteiger partial charge in [-0.1, -0.05) is 15.9 Å². The standard InChI is InChI=1S/C13H11BrINO/c14-10-1-6-13(9(7-10)8-16)17-12-4-2-11(15)3-5-12/h1-7H,8,16H2. The summed E-state index contributed by atoms with van der Waals surface area (Å²) in [4.78, 5) is 0. The second-order valence-corrected chi connectivity index (χ2v) is 5.67. The summed E-state index contributed by atoms with van der Waals surface area (Å²) < 4.78 is 8.00. The summed E-state index contributed by atoms with van der Waals surface area (Å²) in [6.07, 6.45) is 0. The van der Waals surface area contributed by atoms with Gasteiger partial charge >= 0.3 is 0 Å². The van der Waals surface area contributed by atoms with Gasteiger partial charge in [-0.3, -0.25) is 0 Å². The van der Waals surface area contributed by atoms with Gasteiger partial charge in [0.05, 0.1) is 0 Å². The van der Waals surface area contributed by atoms with Crippen LogP contribution >= 0.6 is 38.5 Å². The Morgan fingerprint density at radius 2 is 1.82 bits per heavy atom. The Hall–Kier alpha value is -0.590. The summed E-state index contributed by atoms with van der Waals surface area (Å²) in [6.45, 7) is 0.457. The quantitative estimate of drug-likeness (QED) is 0.775. The van der Waals surface area contributed by atoms with Crippen molar-refractivity contribution in [1.29, 1.82) is 0 Å². The molecule has 0 bridgehead atoms. The molecule has 0 saturated heterocycles. The van der Waals surface area contributed by atoms with Crippen molar-refractivity contribution in [2.75, 3.05) is 0 Å². The molecular weight excluding hydrogens is 393 g/mol. The molecule has 0 aliphatic heterocycles. The Morgan fingerprint density at radius 3 is 2.47 bits per heavy atom. The number of halogens is 2. The minimum absolute atomic E-state index is 0.457. The first kappa shape index (κ1) is 12.9. The molecule has 0 heterocycles. The summed E-state index contributed by atoms with van der Waals surface area (Å²) >= 11 is 5.68. The molecule has 0 aliphatic rings. The van der Waals surface area contributed by atoms with Crippen LogP contribution in [0.4, 0.5) is 0 Å². The van der Waals surface area contributed by atoms with Crippen LogP contribution in [0.2, 0.25) is 0 Å². The maximum Gasteiger partial charge on any atom is 0.131 e. The van der Waals surface area contributed by atoms with Gasteiger partial charge in [-0.15, -0.1) is 0 Å². The van der Waals surface area contributed by atoms with Gasteiger partial charge in [-0.25, -0.2) is 0 Å². The number of rotatable bonds is 3. The Labute approximate surface area is 122 Å². The van der Waals surface area contributed by atoms with E-state index in [1.807, 2.05) is 42.5 Å². The van der Waals surface area contributed by atoms with E-state index < -0.39 is 0 Å². The van der Waals surface area contributed by atoms with Crippen LogP contribution in [0.3, 0.4) is 0 Å². The lowest BCUT2D eigenvalue weighted by Crippen LogP contribution is -1.99.